The van der Waals surface area contributed by atoms with E-state index in [0.29, 0.717) is 17.7 Å². The smallest absolute Gasteiger partial charge is 0.303 e. The molecule has 7 nitrogen and oxygen atoms in total. The van der Waals surface area contributed by atoms with Crippen LogP contribution < -0.4 is 10.5 Å². The van der Waals surface area contributed by atoms with Gasteiger partial charge in [0.25, 0.3) is 0 Å². The SMILES string of the molecule is Cc1c(C(N)=O)cc(Cl)c(OCc2nc3ccccc3n2CCCCCCCCCCCCCCCC(=O)O)c1Cl. The van der Waals surface area contributed by atoms with Crippen molar-refractivity contribution in [1.82, 2.24) is 9.55 Å². The van der Waals surface area contributed by atoms with E-state index in [4.69, 9.17) is 43.8 Å². The second-order valence-electron chi connectivity index (χ2n) is 10.7. The molecular formula is C32H43Cl2N3O4. The van der Waals surface area contributed by atoms with Gasteiger partial charge >= 0.3 is 5.97 Å². The van der Waals surface area contributed by atoms with E-state index in [1.54, 1.807) is 6.92 Å². The summed E-state index contributed by atoms with van der Waals surface area (Å²) in [5.74, 6) is -0.145. The number of fused-ring (bicyclic) bond motifs is 1. The van der Waals surface area contributed by atoms with Crippen molar-refractivity contribution in [2.75, 3.05) is 0 Å². The Kier molecular flexibility index (Phi) is 13.8. The molecule has 0 fully saturated rings. The van der Waals surface area contributed by atoms with Crippen molar-refractivity contribution >= 4 is 46.1 Å². The van der Waals surface area contributed by atoms with Gasteiger partial charge in [-0.2, -0.15) is 0 Å². The van der Waals surface area contributed by atoms with Gasteiger partial charge in [-0.25, -0.2) is 4.98 Å². The van der Waals surface area contributed by atoms with Crippen molar-refractivity contribution in [3.8, 4) is 5.75 Å². The van der Waals surface area contributed by atoms with Gasteiger partial charge in [-0.05, 0) is 43.5 Å². The van der Waals surface area contributed by atoms with Gasteiger partial charge in [0.15, 0.2) is 5.75 Å². The minimum absolute atomic E-state index is 0.200. The van der Waals surface area contributed by atoms with E-state index < -0.39 is 11.9 Å². The Bertz CT molecular complexity index is 1290. The molecule has 0 aliphatic heterocycles. The van der Waals surface area contributed by atoms with Crippen molar-refractivity contribution < 1.29 is 19.4 Å². The normalized spacial score (nSPS) is 11.3. The van der Waals surface area contributed by atoms with E-state index in [-0.39, 0.29) is 22.2 Å². The minimum Gasteiger partial charge on any atom is -0.483 e. The number of ether oxygens (including phenoxy) is 1. The molecule has 2 aromatic carbocycles. The number of aryl methyl sites for hydroxylation is 1. The Morgan fingerprint density at radius 1 is 0.902 bits per heavy atom. The zero-order valence-electron chi connectivity index (χ0n) is 24.1. The number of carbonyl (C=O) groups is 2. The lowest BCUT2D eigenvalue weighted by atomic mass is 10.0. The van der Waals surface area contributed by atoms with Gasteiger partial charge in [-0.15, -0.1) is 0 Å². The van der Waals surface area contributed by atoms with Crippen LogP contribution in [0.4, 0.5) is 0 Å². The summed E-state index contributed by atoms with van der Waals surface area (Å²) in [6.07, 6.45) is 15.6. The summed E-state index contributed by atoms with van der Waals surface area (Å²) in [5.41, 5.74) is 8.25. The molecule has 3 rings (SSSR count). The van der Waals surface area contributed by atoms with Gasteiger partial charge in [0, 0.05) is 18.5 Å². The highest BCUT2D eigenvalue weighted by Crippen LogP contribution is 2.38. The van der Waals surface area contributed by atoms with Gasteiger partial charge in [0.05, 0.1) is 21.1 Å². The maximum Gasteiger partial charge on any atom is 0.303 e. The zero-order valence-corrected chi connectivity index (χ0v) is 25.6. The summed E-state index contributed by atoms with van der Waals surface area (Å²) in [7, 11) is 0. The Morgan fingerprint density at radius 3 is 2.05 bits per heavy atom. The lowest BCUT2D eigenvalue weighted by molar-refractivity contribution is -0.137. The fourth-order valence-corrected chi connectivity index (χ4v) is 5.76. The second kappa shape index (κ2) is 17.2. The highest BCUT2D eigenvalue weighted by molar-refractivity contribution is 6.38. The second-order valence-corrected chi connectivity index (χ2v) is 11.5. The average Bonchev–Trinajstić information content (AvgIpc) is 3.29. The lowest BCUT2D eigenvalue weighted by Crippen LogP contribution is -2.14. The number of unbranched alkanes of at least 4 members (excludes halogenated alkanes) is 12. The Hall–Kier alpha value is -2.77. The van der Waals surface area contributed by atoms with Gasteiger partial charge in [-0.1, -0.05) is 106 Å². The summed E-state index contributed by atoms with van der Waals surface area (Å²) in [6, 6.07) is 9.57. The van der Waals surface area contributed by atoms with E-state index in [0.717, 1.165) is 55.5 Å². The first-order valence-corrected chi connectivity index (χ1v) is 15.6. The number of amides is 1. The van der Waals surface area contributed by atoms with Gasteiger partial charge < -0.3 is 20.1 Å². The molecule has 0 aliphatic carbocycles. The number of carboxylic acid groups (broad SMARTS) is 1. The number of nitrogens with two attached hydrogens (primary N) is 1. The van der Waals surface area contributed by atoms with Crippen LogP contribution in [-0.2, 0) is 17.9 Å². The van der Waals surface area contributed by atoms with E-state index in [2.05, 4.69) is 10.6 Å². The summed E-state index contributed by atoms with van der Waals surface area (Å²) < 4.78 is 8.26. The molecule has 0 atom stereocenters. The molecule has 3 N–H and O–H groups in total. The zero-order chi connectivity index (χ0) is 29.6. The monoisotopic (exact) mass is 603 g/mol. The van der Waals surface area contributed by atoms with Gasteiger partial charge in [0.1, 0.15) is 12.4 Å². The number of primary amides is 1. The Labute approximate surface area is 253 Å². The first-order valence-electron chi connectivity index (χ1n) is 14.9. The molecule has 9 heteroatoms. The molecule has 0 bridgehead atoms. The summed E-state index contributed by atoms with van der Waals surface area (Å²) in [4.78, 5) is 27.0. The highest BCUT2D eigenvalue weighted by atomic mass is 35.5. The van der Waals surface area contributed by atoms with Crippen LogP contribution in [0.25, 0.3) is 11.0 Å². The molecule has 3 aromatic rings. The number of rotatable bonds is 20. The van der Waals surface area contributed by atoms with E-state index >= 15 is 0 Å². The molecule has 0 spiro atoms. The van der Waals surface area contributed by atoms with Crippen LogP contribution in [0, 0.1) is 6.92 Å². The molecule has 0 saturated carbocycles. The van der Waals surface area contributed by atoms with Gasteiger partial charge in [0.2, 0.25) is 5.91 Å². The fourth-order valence-electron chi connectivity index (χ4n) is 5.19. The van der Waals surface area contributed by atoms with Crippen LogP contribution in [-0.4, -0.2) is 26.5 Å². The maximum absolute atomic E-state index is 11.7. The third-order valence-corrected chi connectivity index (χ3v) is 8.27. The summed E-state index contributed by atoms with van der Waals surface area (Å²) in [6.45, 7) is 2.77. The quantitative estimate of drug-likeness (QED) is 0.125. The van der Waals surface area contributed by atoms with Crippen LogP contribution in [0.3, 0.4) is 0 Å². The van der Waals surface area contributed by atoms with Crippen LogP contribution in [0.1, 0.15) is 112 Å². The molecule has 1 aromatic heterocycles. The van der Waals surface area contributed by atoms with Gasteiger partial charge in [-0.3, -0.25) is 9.59 Å². The molecule has 0 aliphatic rings. The maximum atomic E-state index is 11.7. The number of carbonyl (C=O) groups excluding carboxylic acids is 1. The number of hydrogen-bond donors (Lipinski definition) is 2. The average molecular weight is 605 g/mol. The van der Waals surface area contributed by atoms with E-state index in [1.165, 1.54) is 57.4 Å². The van der Waals surface area contributed by atoms with Crippen molar-refractivity contribution in [2.45, 2.75) is 110 Å². The predicted molar refractivity (Wildman–Crippen MR) is 166 cm³/mol. The van der Waals surface area contributed by atoms with Crippen molar-refractivity contribution in [2.24, 2.45) is 5.73 Å². The Morgan fingerprint density at radius 2 is 1.46 bits per heavy atom. The topological polar surface area (TPSA) is 107 Å². The first-order chi connectivity index (χ1) is 19.8. The van der Waals surface area contributed by atoms with E-state index in [9.17, 15) is 9.59 Å². The van der Waals surface area contributed by atoms with Crippen molar-refractivity contribution in [1.29, 1.82) is 0 Å². The summed E-state index contributed by atoms with van der Waals surface area (Å²) in [5, 5.41) is 9.19. The minimum atomic E-state index is -0.687. The molecule has 224 valence electrons. The molecule has 0 unspecified atom stereocenters. The molecule has 41 heavy (non-hydrogen) atoms. The third-order valence-electron chi connectivity index (χ3n) is 7.54. The fraction of sp³-hybridized carbons (Fsp3) is 0.531. The first kappa shape index (κ1) is 32.7. The molecule has 1 heterocycles. The number of para-hydroxylation sites is 2. The molecule has 0 radical (unpaired) electrons. The van der Waals surface area contributed by atoms with Crippen LogP contribution in [0.5, 0.6) is 5.75 Å². The van der Waals surface area contributed by atoms with Crippen molar-refractivity contribution in [3.63, 3.8) is 0 Å². The van der Waals surface area contributed by atoms with E-state index in [1.807, 2.05) is 18.2 Å². The predicted octanol–water partition coefficient (Wildman–Crippen LogP) is 8.88. The lowest BCUT2D eigenvalue weighted by Gasteiger charge is -2.15. The number of hydrogen-bond acceptors (Lipinski definition) is 4. The number of benzene rings is 2. The molecular weight excluding hydrogens is 561 g/mol. The number of aromatic nitrogens is 2. The van der Waals surface area contributed by atoms with Crippen LogP contribution in [0.15, 0.2) is 30.3 Å². The van der Waals surface area contributed by atoms with Crippen LogP contribution >= 0.6 is 23.2 Å². The molecule has 1 amide bonds. The number of carboxylic acids is 1. The third kappa shape index (κ3) is 10.2. The number of imidazole rings is 1. The number of nitrogens with zero attached hydrogens (tertiary/aromatic N) is 2. The standard InChI is InChI=1S/C32H43Cl2N3O4/c1-23-24(32(35)40)21-25(33)31(30(23)34)41-22-28-36-26-17-14-15-18-27(26)37(28)20-16-12-10-8-6-4-2-3-5-7-9-11-13-19-29(38)39/h14-15,17-18,21H,2-13,16,19-20,22H2,1H3,(H2,35,40)(H,38,39). The molecule has 0 saturated heterocycles. The number of aliphatic carboxylic acids is 1. The highest BCUT2D eigenvalue weighted by Gasteiger charge is 2.19. The van der Waals surface area contributed by atoms with Crippen molar-refractivity contribution in [3.05, 3.63) is 57.3 Å². The van der Waals surface area contributed by atoms with Crippen LogP contribution in [0.2, 0.25) is 10.0 Å². The largest absolute Gasteiger partial charge is 0.483 e. The summed E-state index contributed by atoms with van der Waals surface area (Å²) >= 11 is 12.9. The number of halogens is 2. The Balaban J connectivity index is 1.40.